The van der Waals surface area contributed by atoms with Crippen molar-refractivity contribution in [3.05, 3.63) is 47.3 Å². The van der Waals surface area contributed by atoms with E-state index in [4.69, 9.17) is 4.52 Å². The number of para-hydroxylation sites is 1. The molecule has 3 rings (SSSR count). The molecule has 0 saturated carbocycles. The zero-order chi connectivity index (χ0) is 12.7. The minimum atomic E-state index is -0.0932. The number of rotatable bonds is 1. The molecule has 4 nitrogen and oxygen atoms in total. The van der Waals surface area contributed by atoms with E-state index >= 15 is 0 Å². The highest BCUT2D eigenvalue weighted by Gasteiger charge is 2.32. The topological polar surface area (TPSA) is 46.3 Å². The molecule has 1 aromatic heterocycles. The van der Waals surface area contributed by atoms with Crippen LogP contribution in [0.1, 0.15) is 28.7 Å². The zero-order valence-electron chi connectivity index (χ0n) is 10.4. The molecule has 1 aliphatic rings. The van der Waals surface area contributed by atoms with Gasteiger partial charge >= 0.3 is 0 Å². The fourth-order valence-electron chi connectivity index (χ4n) is 2.47. The van der Waals surface area contributed by atoms with Crippen molar-refractivity contribution in [3.8, 4) is 0 Å². The van der Waals surface area contributed by atoms with Gasteiger partial charge in [-0.3, -0.25) is 4.79 Å². The molecule has 0 radical (unpaired) electrons. The molecule has 1 aliphatic heterocycles. The number of anilines is 1. The van der Waals surface area contributed by atoms with Crippen LogP contribution in [-0.4, -0.2) is 17.1 Å². The van der Waals surface area contributed by atoms with Gasteiger partial charge < -0.3 is 9.42 Å². The zero-order valence-corrected chi connectivity index (χ0v) is 10.4. The molecule has 0 N–H and O–H groups in total. The number of nitrogens with zero attached hydrogens (tertiary/aromatic N) is 2. The first-order chi connectivity index (χ1) is 8.66. The first-order valence-corrected chi connectivity index (χ1v) is 6.01. The Kier molecular flexibility index (Phi) is 2.44. The van der Waals surface area contributed by atoms with E-state index in [1.807, 2.05) is 25.1 Å². The number of amides is 1. The second-order valence-corrected chi connectivity index (χ2v) is 4.68. The molecule has 0 aliphatic carbocycles. The summed E-state index contributed by atoms with van der Waals surface area (Å²) in [7, 11) is 0. The number of hydrogen-bond acceptors (Lipinski definition) is 3. The van der Waals surface area contributed by atoms with Gasteiger partial charge in [-0.15, -0.1) is 0 Å². The van der Waals surface area contributed by atoms with Crippen molar-refractivity contribution in [3.63, 3.8) is 0 Å². The SMILES string of the molecule is Cc1cc(C(=O)N2c3ccccc3CC2C)no1. The molecule has 1 amide bonds. The summed E-state index contributed by atoms with van der Waals surface area (Å²) in [5, 5.41) is 3.80. The number of aryl methyl sites for hydroxylation is 1. The van der Waals surface area contributed by atoms with Gasteiger partial charge in [-0.05, 0) is 31.9 Å². The Labute approximate surface area is 105 Å². The summed E-state index contributed by atoms with van der Waals surface area (Å²) in [6.07, 6.45) is 0.888. The molecule has 0 spiro atoms. The Morgan fingerprint density at radius 1 is 1.44 bits per heavy atom. The van der Waals surface area contributed by atoms with Crippen LogP contribution in [0.5, 0.6) is 0 Å². The van der Waals surface area contributed by atoms with Gasteiger partial charge in [-0.2, -0.15) is 0 Å². The fraction of sp³-hybridized carbons (Fsp3) is 0.286. The van der Waals surface area contributed by atoms with Gasteiger partial charge in [0.25, 0.3) is 5.91 Å². The predicted molar refractivity (Wildman–Crippen MR) is 67.7 cm³/mol. The van der Waals surface area contributed by atoms with Crippen molar-refractivity contribution in [1.82, 2.24) is 5.16 Å². The van der Waals surface area contributed by atoms with Crippen molar-refractivity contribution in [2.75, 3.05) is 4.90 Å². The predicted octanol–water partition coefficient (Wildman–Crippen LogP) is 2.57. The summed E-state index contributed by atoms with van der Waals surface area (Å²) >= 11 is 0. The molecular formula is C14H14N2O2. The van der Waals surface area contributed by atoms with Gasteiger partial charge in [0.05, 0.1) is 0 Å². The fourth-order valence-corrected chi connectivity index (χ4v) is 2.47. The van der Waals surface area contributed by atoms with Crippen LogP contribution >= 0.6 is 0 Å². The van der Waals surface area contributed by atoms with Gasteiger partial charge in [0.15, 0.2) is 5.69 Å². The average molecular weight is 242 g/mol. The van der Waals surface area contributed by atoms with Crippen molar-refractivity contribution in [2.45, 2.75) is 26.3 Å². The van der Waals surface area contributed by atoms with E-state index in [9.17, 15) is 4.79 Å². The number of carbonyl (C=O) groups is 1. The number of hydrogen-bond donors (Lipinski definition) is 0. The Bertz CT molecular complexity index is 603. The Morgan fingerprint density at radius 2 is 2.22 bits per heavy atom. The van der Waals surface area contributed by atoms with Gasteiger partial charge in [-0.1, -0.05) is 23.4 Å². The van der Waals surface area contributed by atoms with Crippen LogP contribution in [0.25, 0.3) is 0 Å². The van der Waals surface area contributed by atoms with Crippen LogP contribution in [0.2, 0.25) is 0 Å². The van der Waals surface area contributed by atoms with Gasteiger partial charge in [0, 0.05) is 17.8 Å². The highest BCUT2D eigenvalue weighted by atomic mass is 16.5. The molecule has 1 aromatic carbocycles. The molecule has 0 fully saturated rings. The lowest BCUT2D eigenvalue weighted by atomic mass is 10.1. The second-order valence-electron chi connectivity index (χ2n) is 4.68. The van der Waals surface area contributed by atoms with Crippen molar-refractivity contribution >= 4 is 11.6 Å². The Morgan fingerprint density at radius 3 is 2.94 bits per heavy atom. The normalized spacial score (nSPS) is 17.9. The molecular weight excluding hydrogens is 228 g/mol. The van der Waals surface area contributed by atoms with Crippen LogP contribution in [0.3, 0.4) is 0 Å². The largest absolute Gasteiger partial charge is 0.361 e. The first kappa shape index (κ1) is 11.0. The molecule has 18 heavy (non-hydrogen) atoms. The monoisotopic (exact) mass is 242 g/mol. The van der Waals surface area contributed by atoms with Gasteiger partial charge in [0.2, 0.25) is 0 Å². The van der Waals surface area contributed by atoms with Crippen molar-refractivity contribution in [2.24, 2.45) is 0 Å². The van der Waals surface area contributed by atoms with Crippen LogP contribution in [0.4, 0.5) is 5.69 Å². The van der Waals surface area contributed by atoms with Crippen molar-refractivity contribution in [1.29, 1.82) is 0 Å². The number of benzene rings is 1. The third-order valence-corrected chi connectivity index (χ3v) is 3.27. The Hall–Kier alpha value is -2.10. The summed E-state index contributed by atoms with van der Waals surface area (Å²) in [4.78, 5) is 14.2. The van der Waals surface area contributed by atoms with Gasteiger partial charge in [0.1, 0.15) is 5.76 Å². The second kappa shape index (κ2) is 3.98. The smallest absolute Gasteiger partial charge is 0.280 e. The molecule has 0 saturated heterocycles. The van der Waals surface area contributed by atoms with Crippen LogP contribution in [-0.2, 0) is 6.42 Å². The van der Waals surface area contributed by atoms with Gasteiger partial charge in [-0.25, -0.2) is 0 Å². The summed E-state index contributed by atoms with van der Waals surface area (Å²) in [5.74, 6) is 0.558. The maximum atomic E-state index is 12.4. The minimum Gasteiger partial charge on any atom is -0.361 e. The summed E-state index contributed by atoms with van der Waals surface area (Å²) in [6.45, 7) is 3.83. The molecule has 92 valence electrons. The lowest BCUT2D eigenvalue weighted by Crippen LogP contribution is -2.35. The third-order valence-electron chi connectivity index (χ3n) is 3.27. The van der Waals surface area contributed by atoms with E-state index in [0.717, 1.165) is 12.1 Å². The van der Waals surface area contributed by atoms with E-state index in [1.54, 1.807) is 17.9 Å². The molecule has 4 heteroatoms. The minimum absolute atomic E-state index is 0.0932. The summed E-state index contributed by atoms with van der Waals surface area (Å²) < 4.78 is 4.97. The van der Waals surface area contributed by atoms with Crippen LogP contribution in [0, 0.1) is 6.92 Å². The average Bonchev–Trinajstić information content (AvgIpc) is 2.91. The number of carbonyl (C=O) groups excluding carboxylic acids is 1. The number of fused-ring (bicyclic) bond motifs is 1. The maximum Gasteiger partial charge on any atom is 0.280 e. The molecule has 2 aromatic rings. The highest BCUT2D eigenvalue weighted by Crippen LogP contribution is 2.32. The van der Waals surface area contributed by atoms with E-state index in [0.29, 0.717) is 11.5 Å². The summed E-state index contributed by atoms with van der Waals surface area (Å²) in [6, 6.07) is 9.82. The van der Waals surface area contributed by atoms with Crippen LogP contribution < -0.4 is 4.90 Å². The molecule has 1 unspecified atom stereocenters. The summed E-state index contributed by atoms with van der Waals surface area (Å²) in [5.41, 5.74) is 2.56. The maximum absolute atomic E-state index is 12.4. The quantitative estimate of drug-likeness (QED) is 0.772. The van der Waals surface area contributed by atoms with E-state index < -0.39 is 0 Å². The van der Waals surface area contributed by atoms with Crippen LogP contribution in [0.15, 0.2) is 34.9 Å². The number of aromatic nitrogens is 1. The highest BCUT2D eigenvalue weighted by molar-refractivity contribution is 6.06. The van der Waals surface area contributed by atoms with E-state index in [1.165, 1.54) is 5.56 Å². The third kappa shape index (κ3) is 1.61. The molecule has 2 heterocycles. The lowest BCUT2D eigenvalue weighted by molar-refractivity contribution is 0.0972. The van der Waals surface area contributed by atoms with E-state index in [2.05, 4.69) is 11.2 Å². The Balaban J connectivity index is 2.00. The van der Waals surface area contributed by atoms with E-state index in [-0.39, 0.29) is 11.9 Å². The lowest BCUT2D eigenvalue weighted by Gasteiger charge is -2.21. The standard InChI is InChI=1S/C14H14N2O2/c1-9-7-11-5-3-4-6-13(11)16(9)14(17)12-8-10(2)18-15-12/h3-6,8-9H,7H2,1-2H3. The first-order valence-electron chi connectivity index (χ1n) is 6.01. The molecule has 1 atom stereocenters. The van der Waals surface area contributed by atoms with Crippen molar-refractivity contribution < 1.29 is 9.32 Å². The molecule has 0 bridgehead atoms.